The molecule has 2 amide bonds. The Balaban J connectivity index is 1.38. The maximum atomic E-state index is 13.3. The molecule has 2 aromatic carbocycles. The van der Waals surface area contributed by atoms with Crippen molar-refractivity contribution in [1.82, 2.24) is 10.2 Å². The van der Waals surface area contributed by atoms with Crippen LogP contribution >= 0.6 is 0 Å². The maximum absolute atomic E-state index is 13.3. The van der Waals surface area contributed by atoms with Gasteiger partial charge in [0.05, 0.1) is 5.92 Å². The molecule has 2 N–H and O–H groups in total. The van der Waals surface area contributed by atoms with E-state index < -0.39 is 24.0 Å². The molecule has 7 nitrogen and oxygen atoms in total. The van der Waals surface area contributed by atoms with Gasteiger partial charge in [-0.15, -0.1) is 0 Å². The van der Waals surface area contributed by atoms with Gasteiger partial charge in [-0.25, -0.2) is 9.59 Å². The molecule has 0 saturated carbocycles. The van der Waals surface area contributed by atoms with Gasteiger partial charge in [0.2, 0.25) is 5.91 Å². The van der Waals surface area contributed by atoms with Gasteiger partial charge in [-0.3, -0.25) is 4.79 Å². The molecule has 2 aromatic rings. The Hall–Kier alpha value is -3.35. The van der Waals surface area contributed by atoms with E-state index in [0.29, 0.717) is 19.4 Å². The molecule has 0 bridgehead atoms. The fourth-order valence-electron chi connectivity index (χ4n) is 5.38. The van der Waals surface area contributed by atoms with E-state index in [2.05, 4.69) is 29.6 Å². The van der Waals surface area contributed by atoms with Crippen LogP contribution < -0.4 is 5.32 Å². The third-order valence-electron chi connectivity index (χ3n) is 7.01. The largest absolute Gasteiger partial charge is 0.480 e. The summed E-state index contributed by atoms with van der Waals surface area (Å²) in [5.41, 5.74) is 4.60. The third kappa shape index (κ3) is 5.50. The van der Waals surface area contributed by atoms with Gasteiger partial charge in [0.1, 0.15) is 12.6 Å². The molecule has 1 aliphatic heterocycles. The Labute approximate surface area is 206 Å². The molecule has 186 valence electrons. The fourth-order valence-corrected chi connectivity index (χ4v) is 5.38. The molecule has 0 aromatic heterocycles. The number of carbonyl (C=O) groups excluding carboxylic acids is 2. The van der Waals surface area contributed by atoms with E-state index in [4.69, 9.17) is 4.74 Å². The highest BCUT2D eigenvalue weighted by Crippen LogP contribution is 2.44. The summed E-state index contributed by atoms with van der Waals surface area (Å²) in [6, 6.07) is 15.5. The summed E-state index contributed by atoms with van der Waals surface area (Å²) in [6.07, 6.45) is 2.06. The van der Waals surface area contributed by atoms with E-state index >= 15 is 0 Å². The van der Waals surface area contributed by atoms with Crippen molar-refractivity contribution in [3.05, 3.63) is 59.7 Å². The molecular formula is C28H34N2O5. The number of alkyl carbamates (subject to hydrolysis) is 1. The van der Waals surface area contributed by atoms with E-state index in [-0.39, 0.29) is 30.9 Å². The number of ether oxygens (including phenoxy) is 1. The molecular weight excluding hydrogens is 444 g/mol. The van der Waals surface area contributed by atoms with Crippen LogP contribution in [0.5, 0.6) is 0 Å². The first-order valence-corrected chi connectivity index (χ1v) is 12.5. The lowest BCUT2D eigenvalue weighted by atomic mass is 9.93. The maximum Gasteiger partial charge on any atom is 0.407 e. The lowest BCUT2D eigenvalue weighted by Crippen LogP contribution is -2.52. The molecule has 35 heavy (non-hydrogen) atoms. The van der Waals surface area contributed by atoms with Gasteiger partial charge < -0.3 is 20.1 Å². The number of nitrogens with one attached hydrogen (secondary N) is 1. The Bertz CT molecular complexity index is 1040. The number of likely N-dealkylation sites (tertiary alicyclic amines) is 1. The van der Waals surface area contributed by atoms with Gasteiger partial charge in [-0.1, -0.05) is 62.4 Å². The molecule has 7 heteroatoms. The van der Waals surface area contributed by atoms with Gasteiger partial charge in [-0.05, 0) is 53.9 Å². The van der Waals surface area contributed by atoms with Crippen LogP contribution in [0.3, 0.4) is 0 Å². The lowest BCUT2D eigenvalue weighted by Gasteiger charge is -2.35. The van der Waals surface area contributed by atoms with Gasteiger partial charge in [0, 0.05) is 19.0 Å². The summed E-state index contributed by atoms with van der Waals surface area (Å²) < 4.78 is 5.61. The number of benzene rings is 2. The van der Waals surface area contributed by atoms with Crippen molar-refractivity contribution in [2.45, 2.75) is 51.5 Å². The van der Waals surface area contributed by atoms with Crippen molar-refractivity contribution < 1.29 is 24.2 Å². The van der Waals surface area contributed by atoms with Crippen molar-refractivity contribution in [3.63, 3.8) is 0 Å². The number of aliphatic carboxylic acids is 1. The Morgan fingerprint density at radius 1 is 1.03 bits per heavy atom. The topological polar surface area (TPSA) is 95.9 Å². The number of fused-ring (bicyclic) bond motifs is 3. The van der Waals surface area contributed by atoms with Crippen molar-refractivity contribution in [2.24, 2.45) is 11.8 Å². The summed E-state index contributed by atoms with van der Waals surface area (Å²) in [4.78, 5) is 39.1. The fraction of sp³-hybridized carbons (Fsp3) is 0.464. The summed E-state index contributed by atoms with van der Waals surface area (Å²) in [5, 5.41) is 12.3. The molecule has 2 aliphatic rings. The minimum Gasteiger partial charge on any atom is -0.480 e. The number of hydrogen-bond acceptors (Lipinski definition) is 4. The smallest absolute Gasteiger partial charge is 0.407 e. The number of carboxylic acids is 1. The summed E-state index contributed by atoms with van der Waals surface area (Å²) >= 11 is 0. The van der Waals surface area contributed by atoms with Crippen LogP contribution in [0.4, 0.5) is 4.79 Å². The molecule has 0 radical (unpaired) electrons. The van der Waals surface area contributed by atoms with E-state index in [1.165, 1.54) is 4.90 Å². The second-order valence-corrected chi connectivity index (χ2v) is 9.91. The van der Waals surface area contributed by atoms with Crippen molar-refractivity contribution >= 4 is 18.0 Å². The van der Waals surface area contributed by atoms with Crippen LogP contribution in [-0.4, -0.2) is 53.7 Å². The monoisotopic (exact) mass is 478 g/mol. The average molecular weight is 479 g/mol. The van der Waals surface area contributed by atoms with Gasteiger partial charge >= 0.3 is 12.1 Å². The van der Waals surface area contributed by atoms with Gasteiger partial charge in [0.15, 0.2) is 0 Å². The van der Waals surface area contributed by atoms with Crippen molar-refractivity contribution in [2.75, 3.05) is 19.7 Å². The number of nitrogens with zero attached hydrogens (tertiary/aromatic N) is 1. The summed E-state index contributed by atoms with van der Waals surface area (Å²) in [7, 11) is 0. The number of rotatable bonds is 8. The zero-order chi connectivity index (χ0) is 24.9. The molecule has 1 unspecified atom stereocenters. The second kappa shape index (κ2) is 10.9. The first kappa shape index (κ1) is 24.8. The van der Waals surface area contributed by atoms with E-state index in [1.54, 1.807) is 0 Å². The predicted octanol–water partition coefficient (Wildman–Crippen LogP) is 4.65. The zero-order valence-corrected chi connectivity index (χ0v) is 20.4. The standard InChI is InChI=1S/C28H34N2O5/c1-18(2)15-19(26(31)30-14-8-7-13-25(30)27(32)33)16-29-28(34)35-17-24-22-11-5-3-9-20(22)21-10-4-6-12-23(21)24/h3-6,9-12,18-19,24-25H,7-8,13-17H2,1-2H3,(H,29,34)(H,32,33)/t19?,25-/m0/s1. The molecule has 1 heterocycles. The first-order chi connectivity index (χ1) is 16.9. The van der Waals surface area contributed by atoms with Crippen LogP contribution in [0.15, 0.2) is 48.5 Å². The normalized spacial score (nSPS) is 18.0. The van der Waals surface area contributed by atoms with Gasteiger partial charge in [-0.2, -0.15) is 0 Å². The lowest BCUT2D eigenvalue weighted by molar-refractivity contribution is -0.154. The molecule has 4 rings (SSSR count). The van der Waals surface area contributed by atoms with Crippen LogP contribution in [-0.2, 0) is 14.3 Å². The number of amides is 2. The minimum atomic E-state index is -0.967. The number of carboxylic acid groups (broad SMARTS) is 1. The molecule has 1 aliphatic carbocycles. The van der Waals surface area contributed by atoms with E-state index in [1.807, 2.05) is 38.1 Å². The number of hydrogen-bond donors (Lipinski definition) is 2. The zero-order valence-electron chi connectivity index (χ0n) is 20.4. The van der Waals surface area contributed by atoms with E-state index in [0.717, 1.165) is 35.1 Å². The third-order valence-corrected chi connectivity index (χ3v) is 7.01. The van der Waals surface area contributed by atoms with Gasteiger partial charge in [0.25, 0.3) is 0 Å². The predicted molar refractivity (Wildman–Crippen MR) is 133 cm³/mol. The highest BCUT2D eigenvalue weighted by Gasteiger charge is 2.36. The van der Waals surface area contributed by atoms with Crippen LogP contribution in [0, 0.1) is 11.8 Å². The number of carbonyl (C=O) groups is 3. The summed E-state index contributed by atoms with van der Waals surface area (Å²) in [5.74, 6) is -1.47. The summed E-state index contributed by atoms with van der Waals surface area (Å²) in [6.45, 7) is 4.79. The quantitative estimate of drug-likeness (QED) is 0.576. The van der Waals surface area contributed by atoms with Crippen molar-refractivity contribution in [1.29, 1.82) is 0 Å². The highest BCUT2D eigenvalue weighted by molar-refractivity contribution is 5.86. The van der Waals surface area contributed by atoms with Crippen LogP contribution in [0.25, 0.3) is 11.1 Å². The molecule has 2 atom stereocenters. The Morgan fingerprint density at radius 3 is 2.26 bits per heavy atom. The second-order valence-electron chi connectivity index (χ2n) is 9.91. The Morgan fingerprint density at radius 2 is 1.66 bits per heavy atom. The SMILES string of the molecule is CC(C)CC(CNC(=O)OCC1c2ccccc2-c2ccccc21)C(=O)N1CCCC[C@H]1C(=O)O. The molecule has 1 fully saturated rings. The highest BCUT2D eigenvalue weighted by atomic mass is 16.5. The minimum absolute atomic E-state index is 0.0362. The Kier molecular flexibility index (Phi) is 7.73. The van der Waals surface area contributed by atoms with Crippen LogP contribution in [0.2, 0.25) is 0 Å². The molecule has 0 spiro atoms. The molecule has 1 saturated heterocycles. The van der Waals surface area contributed by atoms with Crippen LogP contribution in [0.1, 0.15) is 56.6 Å². The van der Waals surface area contributed by atoms with Crippen molar-refractivity contribution in [3.8, 4) is 11.1 Å². The van der Waals surface area contributed by atoms with E-state index in [9.17, 15) is 19.5 Å². The average Bonchev–Trinajstić information content (AvgIpc) is 3.18. The first-order valence-electron chi connectivity index (χ1n) is 12.5. The number of piperidine rings is 1.